The van der Waals surface area contributed by atoms with Crippen LogP contribution >= 0.6 is 23.4 Å². The van der Waals surface area contributed by atoms with Crippen LogP contribution in [0.5, 0.6) is 0 Å². The summed E-state index contributed by atoms with van der Waals surface area (Å²) in [5, 5.41) is 0.639. The van der Waals surface area contributed by atoms with E-state index < -0.39 is 0 Å². The summed E-state index contributed by atoms with van der Waals surface area (Å²) >= 11 is 7.88. The van der Waals surface area contributed by atoms with Gasteiger partial charge in [-0.3, -0.25) is 4.79 Å². The highest BCUT2D eigenvalue weighted by atomic mass is 35.5. The lowest BCUT2D eigenvalue weighted by Gasteiger charge is -2.25. The number of hydrogen-bond acceptors (Lipinski definition) is 2. The first-order chi connectivity index (χ1) is 18.2. The molecular weight excluding hydrogens is 494 g/mol. The Kier molecular flexibility index (Phi) is 8.05. The fourth-order valence-electron chi connectivity index (χ4n) is 4.28. The molecule has 0 spiro atoms. The number of rotatable bonds is 8. The quantitative estimate of drug-likeness (QED) is 0.190. The second kappa shape index (κ2) is 12.0. The van der Waals surface area contributed by atoms with Crippen molar-refractivity contribution in [3.05, 3.63) is 155 Å². The number of halogens is 1. The lowest BCUT2D eigenvalue weighted by Crippen LogP contribution is -2.31. The highest BCUT2D eigenvalue weighted by molar-refractivity contribution is 7.98. The van der Waals surface area contributed by atoms with Crippen molar-refractivity contribution in [1.82, 2.24) is 0 Å². The van der Waals surface area contributed by atoms with Gasteiger partial charge in [0.15, 0.2) is 0 Å². The lowest BCUT2D eigenvalue weighted by atomic mass is 9.99. The van der Waals surface area contributed by atoms with Gasteiger partial charge in [0.2, 0.25) is 0 Å². The number of hydrogen-bond donors (Lipinski definition) is 0. The van der Waals surface area contributed by atoms with Crippen LogP contribution in [0.4, 0.5) is 5.69 Å². The number of benzene rings is 5. The monoisotopic (exact) mass is 519 g/mol. The first-order valence-corrected chi connectivity index (χ1v) is 13.5. The molecule has 5 rings (SSSR count). The van der Waals surface area contributed by atoms with Crippen molar-refractivity contribution in [3.63, 3.8) is 0 Å². The van der Waals surface area contributed by atoms with E-state index in [9.17, 15) is 4.79 Å². The molecule has 2 nitrogen and oxygen atoms in total. The lowest BCUT2D eigenvalue weighted by molar-refractivity contribution is 0.0982. The maximum absolute atomic E-state index is 14.2. The summed E-state index contributed by atoms with van der Waals surface area (Å²) in [6, 6.07) is 44.2. The fraction of sp³-hybridized carbons (Fsp3) is 0.0606. The molecule has 0 saturated carbocycles. The number of carbonyl (C=O) groups excluding carboxylic acids is 1. The van der Waals surface area contributed by atoms with Gasteiger partial charge >= 0.3 is 0 Å². The van der Waals surface area contributed by atoms with Gasteiger partial charge in [-0.15, -0.1) is 11.8 Å². The Morgan fingerprint density at radius 2 is 1.30 bits per heavy atom. The van der Waals surface area contributed by atoms with E-state index in [1.165, 1.54) is 5.56 Å². The van der Waals surface area contributed by atoms with Gasteiger partial charge in [0, 0.05) is 21.4 Å². The highest BCUT2D eigenvalue weighted by Crippen LogP contribution is 2.31. The Bertz CT molecular complexity index is 1470. The Labute approximate surface area is 227 Å². The summed E-state index contributed by atoms with van der Waals surface area (Å²) < 4.78 is 0. The molecule has 1 amide bonds. The maximum Gasteiger partial charge on any atom is 0.259 e. The average Bonchev–Trinajstić information content (AvgIpc) is 2.96. The van der Waals surface area contributed by atoms with Crippen LogP contribution in [0.25, 0.3) is 11.1 Å². The summed E-state index contributed by atoms with van der Waals surface area (Å²) in [6.07, 6.45) is 0. The Morgan fingerprint density at radius 1 is 0.676 bits per heavy atom. The van der Waals surface area contributed by atoms with Gasteiger partial charge in [-0.1, -0.05) is 109 Å². The van der Waals surface area contributed by atoms with Crippen molar-refractivity contribution >= 4 is 35.0 Å². The van der Waals surface area contributed by atoms with Crippen molar-refractivity contribution in [1.29, 1.82) is 0 Å². The average molecular weight is 520 g/mol. The predicted octanol–water partition coefficient (Wildman–Crippen LogP) is 9.15. The molecule has 0 unspecified atom stereocenters. The third-order valence-corrected chi connectivity index (χ3v) is 7.57. The molecule has 0 aliphatic heterocycles. The summed E-state index contributed by atoms with van der Waals surface area (Å²) in [5.74, 6) is 0.754. The molecule has 0 fully saturated rings. The molecule has 182 valence electrons. The Hall–Kier alpha value is -3.79. The minimum Gasteiger partial charge on any atom is -0.304 e. The molecule has 4 heteroatoms. The van der Waals surface area contributed by atoms with Gasteiger partial charge in [-0.25, -0.2) is 0 Å². The number of thioether (sulfide) groups is 1. The van der Waals surface area contributed by atoms with E-state index in [2.05, 4.69) is 36.4 Å². The van der Waals surface area contributed by atoms with E-state index >= 15 is 0 Å². The summed E-state index contributed by atoms with van der Waals surface area (Å²) in [5.41, 5.74) is 6.03. The minimum absolute atomic E-state index is 0.0404. The highest BCUT2D eigenvalue weighted by Gasteiger charge is 2.22. The van der Waals surface area contributed by atoms with Crippen molar-refractivity contribution < 1.29 is 4.79 Å². The van der Waals surface area contributed by atoms with Crippen molar-refractivity contribution in [3.8, 4) is 11.1 Å². The van der Waals surface area contributed by atoms with Crippen LogP contribution in [0.15, 0.2) is 138 Å². The zero-order chi connectivity index (χ0) is 25.5. The SMILES string of the molecule is O=C(c1ccccc1SCc1ccccc1)N(Cc1ccccc1-c1ccccc1)c1ccc(Cl)cc1. The Morgan fingerprint density at radius 3 is 2.05 bits per heavy atom. The first kappa shape index (κ1) is 24.9. The second-order valence-electron chi connectivity index (χ2n) is 8.66. The van der Waals surface area contributed by atoms with Crippen molar-refractivity contribution in [2.45, 2.75) is 17.2 Å². The molecule has 0 aliphatic rings. The van der Waals surface area contributed by atoms with Crippen LogP contribution in [-0.4, -0.2) is 5.91 Å². The molecule has 5 aromatic carbocycles. The Balaban J connectivity index is 1.50. The first-order valence-electron chi connectivity index (χ1n) is 12.2. The van der Waals surface area contributed by atoms with Gasteiger partial charge < -0.3 is 4.90 Å². The number of nitrogens with zero attached hydrogens (tertiary/aromatic N) is 1. The molecule has 0 saturated heterocycles. The zero-order valence-electron chi connectivity index (χ0n) is 20.3. The van der Waals surface area contributed by atoms with Crippen LogP contribution in [0, 0.1) is 0 Å². The second-order valence-corrected chi connectivity index (χ2v) is 10.1. The third kappa shape index (κ3) is 6.14. The van der Waals surface area contributed by atoms with E-state index in [4.69, 9.17) is 11.6 Å². The smallest absolute Gasteiger partial charge is 0.259 e. The van der Waals surface area contributed by atoms with Gasteiger partial charge in [-0.05, 0) is 58.7 Å². The van der Waals surface area contributed by atoms with Gasteiger partial charge in [0.05, 0.1) is 12.1 Å². The normalized spacial score (nSPS) is 10.7. The molecule has 5 aromatic rings. The van der Waals surface area contributed by atoms with Crippen molar-refractivity contribution in [2.75, 3.05) is 4.90 Å². The largest absolute Gasteiger partial charge is 0.304 e. The molecule has 0 bridgehead atoms. The van der Waals surface area contributed by atoms with Crippen LogP contribution < -0.4 is 4.90 Å². The summed E-state index contributed by atoms with van der Waals surface area (Å²) in [4.78, 5) is 17.0. The van der Waals surface area contributed by atoms with E-state index in [0.717, 1.165) is 33.0 Å². The van der Waals surface area contributed by atoms with E-state index in [1.54, 1.807) is 11.8 Å². The number of anilines is 1. The molecule has 0 heterocycles. The number of carbonyl (C=O) groups is 1. The third-order valence-electron chi connectivity index (χ3n) is 6.17. The molecule has 0 atom stereocenters. The van der Waals surface area contributed by atoms with E-state index in [1.807, 2.05) is 102 Å². The zero-order valence-corrected chi connectivity index (χ0v) is 21.8. The standard InChI is InChI=1S/C33H26ClNOS/c34-28-19-21-29(22-20-28)35(23-27-15-7-8-16-30(27)26-13-5-2-6-14-26)33(36)31-17-9-10-18-32(31)37-24-25-11-3-1-4-12-25/h1-22H,23-24H2. The molecule has 0 N–H and O–H groups in total. The van der Waals surface area contributed by atoms with Crippen LogP contribution in [0.3, 0.4) is 0 Å². The van der Waals surface area contributed by atoms with Crippen LogP contribution in [-0.2, 0) is 12.3 Å². The maximum atomic E-state index is 14.2. The molecule has 0 aromatic heterocycles. The minimum atomic E-state index is -0.0404. The van der Waals surface area contributed by atoms with Gasteiger partial charge in [-0.2, -0.15) is 0 Å². The van der Waals surface area contributed by atoms with E-state index in [0.29, 0.717) is 17.1 Å². The van der Waals surface area contributed by atoms with Crippen LogP contribution in [0.1, 0.15) is 21.5 Å². The predicted molar refractivity (Wildman–Crippen MR) is 156 cm³/mol. The van der Waals surface area contributed by atoms with Gasteiger partial charge in [0.1, 0.15) is 0 Å². The number of amides is 1. The fourth-order valence-corrected chi connectivity index (χ4v) is 5.41. The molecule has 0 aliphatic carbocycles. The van der Waals surface area contributed by atoms with Crippen LogP contribution in [0.2, 0.25) is 5.02 Å². The summed E-state index contributed by atoms with van der Waals surface area (Å²) in [7, 11) is 0. The molecule has 37 heavy (non-hydrogen) atoms. The van der Waals surface area contributed by atoms with Crippen molar-refractivity contribution in [2.24, 2.45) is 0 Å². The topological polar surface area (TPSA) is 20.3 Å². The molecular formula is C33H26ClNOS. The van der Waals surface area contributed by atoms with E-state index in [-0.39, 0.29) is 5.91 Å². The van der Waals surface area contributed by atoms with Gasteiger partial charge in [0.25, 0.3) is 5.91 Å². The molecule has 0 radical (unpaired) electrons. The summed E-state index contributed by atoms with van der Waals surface area (Å²) in [6.45, 7) is 0.434.